The number of benzene rings is 2. The van der Waals surface area contributed by atoms with Gasteiger partial charge in [0.15, 0.2) is 6.79 Å². The molecule has 0 saturated carbocycles. The van der Waals surface area contributed by atoms with Crippen LogP contribution in [0.3, 0.4) is 0 Å². The van der Waals surface area contributed by atoms with Crippen LogP contribution < -0.4 is 9.47 Å². The second kappa shape index (κ2) is 7.35. The van der Waals surface area contributed by atoms with E-state index < -0.39 is 0 Å². The normalized spacial score (nSPS) is 13.2. The lowest BCUT2D eigenvalue weighted by Gasteiger charge is -2.20. The molecular weight excluding hydrogens is 359 g/mol. The third-order valence-corrected chi connectivity index (χ3v) is 4.71. The fourth-order valence-electron chi connectivity index (χ4n) is 2.70. The van der Waals surface area contributed by atoms with Gasteiger partial charge in [0.25, 0.3) is 11.1 Å². The van der Waals surface area contributed by atoms with Gasteiger partial charge in [-0.2, -0.15) is 0 Å². The van der Waals surface area contributed by atoms with Crippen molar-refractivity contribution in [3.05, 3.63) is 53.3 Å². The molecule has 2 aromatic carbocycles. The highest BCUT2D eigenvalue weighted by atomic mass is 32.2. The first-order valence-electron chi connectivity index (χ1n) is 7.86. The number of halogens is 1. The van der Waals surface area contributed by atoms with E-state index in [0.717, 1.165) is 11.1 Å². The van der Waals surface area contributed by atoms with E-state index in [1.54, 1.807) is 7.11 Å². The van der Waals surface area contributed by atoms with E-state index in [4.69, 9.17) is 18.6 Å². The average Bonchev–Trinajstić information content (AvgIpc) is 3.14. The molecule has 2 heterocycles. The summed E-state index contributed by atoms with van der Waals surface area (Å²) in [6.07, 6.45) is 0. The van der Waals surface area contributed by atoms with Crippen LogP contribution >= 0.6 is 11.8 Å². The van der Waals surface area contributed by atoms with E-state index in [-0.39, 0.29) is 12.6 Å². The molecule has 3 aromatic rings. The molecule has 1 aliphatic heterocycles. The molecule has 0 fully saturated rings. The lowest BCUT2D eigenvalue weighted by Crippen LogP contribution is -2.13. The summed E-state index contributed by atoms with van der Waals surface area (Å²) in [4.78, 5) is 0. The minimum atomic E-state index is -0.325. The van der Waals surface area contributed by atoms with Crippen molar-refractivity contribution in [1.29, 1.82) is 0 Å². The maximum atomic E-state index is 13.8. The molecule has 1 aliphatic rings. The molecule has 0 N–H and O–H groups in total. The molecule has 26 heavy (non-hydrogen) atoms. The minimum Gasteiger partial charge on any atom is -0.496 e. The fourth-order valence-corrected chi connectivity index (χ4v) is 3.43. The second-order valence-electron chi connectivity index (χ2n) is 5.53. The Morgan fingerprint density at radius 1 is 1.23 bits per heavy atom. The van der Waals surface area contributed by atoms with Crippen LogP contribution in [0.2, 0.25) is 0 Å². The van der Waals surface area contributed by atoms with Crippen molar-refractivity contribution in [2.45, 2.75) is 17.6 Å². The van der Waals surface area contributed by atoms with Crippen molar-refractivity contribution in [1.82, 2.24) is 10.2 Å². The summed E-state index contributed by atoms with van der Waals surface area (Å²) in [7, 11) is 1.58. The van der Waals surface area contributed by atoms with Crippen LogP contribution in [0.25, 0.3) is 11.5 Å². The summed E-state index contributed by atoms with van der Waals surface area (Å²) in [6, 6.07) is 10.3. The number of rotatable bonds is 5. The van der Waals surface area contributed by atoms with Gasteiger partial charge in [0.1, 0.15) is 17.3 Å². The van der Waals surface area contributed by atoms with Crippen LogP contribution in [0.1, 0.15) is 11.1 Å². The first-order chi connectivity index (χ1) is 12.7. The van der Waals surface area contributed by atoms with Crippen molar-refractivity contribution in [2.24, 2.45) is 0 Å². The van der Waals surface area contributed by atoms with Crippen LogP contribution in [0.15, 0.2) is 46.0 Å². The quantitative estimate of drug-likeness (QED) is 0.624. The molecule has 4 rings (SSSR count). The maximum absolute atomic E-state index is 13.8. The Labute approximate surface area is 153 Å². The Kier molecular flexibility index (Phi) is 4.77. The van der Waals surface area contributed by atoms with Crippen molar-refractivity contribution in [3.63, 3.8) is 0 Å². The Morgan fingerprint density at radius 3 is 3.00 bits per heavy atom. The fraction of sp³-hybridized carbons (Fsp3) is 0.222. The molecule has 134 valence electrons. The van der Waals surface area contributed by atoms with E-state index in [1.165, 1.54) is 23.9 Å². The van der Waals surface area contributed by atoms with Gasteiger partial charge in [0.05, 0.1) is 19.3 Å². The number of methoxy groups -OCH3 is 1. The molecule has 0 unspecified atom stereocenters. The summed E-state index contributed by atoms with van der Waals surface area (Å²) in [5.74, 6) is 1.80. The highest BCUT2D eigenvalue weighted by Gasteiger charge is 2.19. The predicted molar refractivity (Wildman–Crippen MR) is 92.5 cm³/mol. The molecule has 0 radical (unpaired) electrons. The number of para-hydroxylation sites is 1. The van der Waals surface area contributed by atoms with Crippen LogP contribution in [0.5, 0.6) is 11.5 Å². The molecule has 0 amide bonds. The van der Waals surface area contributed by atoms with E-state index in [2.05, 4.69) is 10.2 Å². The zero-order valence-electron chi connectivity index (χ0n) is 13.9. The largest absolute Gasteiger partial charge is 0.496 e. The number of hydrogen-bond acceptors (Lipinski definition) is 7. The van der Waals surface area contributed by atoms with Crippen molar-refractivity contribution >= 4 is 11.8 Å². The van der Waals surface area contributed by atoms with Crippen LogP contribution in [0.4, 0.5) is 4.39 Å². The summed E-state index contributed by atoms with van der Waals surface area (Å²) in [5.41, 5.74) is 2.15. The van der Waals surface area contributed by atoms with E-state index in [0.29, 0.717) is 40.5 Å². The Morgan fingerprint density at radius 2 is 2.12 bits per heavy atom. The van der Waals surface area contributed by atoms with Crippen LogP contribution in [0, 0.1) is 5.82 Å². The first kappa shape index (κ1) is 16.9. The summed E-state index contributed by atoms with van der Waals surface area (Å²) >= 11 is 1.32. The molecule has 0 atom stereocenters. The number of ether oxygens (including phenoxy) is 3. The van der Waals surface area contributed by atoms with Gasteiger partial charge >= 0.3 is 0 Å². The smallest absolute Gasteiger partial charge is 0.277 e. The zero-order valence-corrected chi connectivity index (χ0v) is 14.7. The lowest BCUT2D eigenvalue weighted by atomic mass is 10.1. The van der Waals surface area contributed by atoms with Crippen LogP contribution in [-0.2, 0) is 17.1 Å². The molecular formula is C18H15FN2O4S. The number of fused-ring (bicyclic) bond motifs is 1. The molecule has 0 aliphatic carbocycles. The topological polar surface area (TPSA) is 66.6 Å². The molecule has 0 bridgehead atoms. The van der Waals surface area contributed by atoms with E-state index >= 15 is 0 Å². The van der Waals surface area contributed by atoms with E-state index in [1.807, 2.05) is 24.3 Å². The van der Waals surface area contributed by atoms with Gasteiger partial charge in [-0.25, -0.2) is 4.39 Å². The first-order valence-corrected chi connectivity index (χ1v) is 8.84. The number of hydrogen-bond donors (Lipinski definition) is 0. The Hall–Kier alpha value is -2.58. The lowest BCUT2D eigenvalue weighted by molar-refractivity contribution is -0.0171. The standard InChI is InChI=1S/C18H15FN2O4S/c1-22-15-5-3-2-4-14(15)17-20-21-18(25-17)26-9-12-7-13(19)6-11-8-23-10-24-16(11)12/h2-7H,8-10H2,1H3. The Bertz CT molecular complexity index is 931. The van der Waals surface area contributed by atoms with Crippen molar-refractivity contribution in [3.8, 4) is 23.0 Å². The van der Waals surface area contributed by atoms with Gasteiger partial charge in [-0.3, -0.25) is 0 Å². The maximum Gasteiger partial charge on any atom is 0.277 e. The van der Waals surface area contributed by atoms with Gasteiger partial charge in [-0.05, 0) is 24.3 Å². The number of aromatic nitrogens is 2. The van der Waals surface area contributed by atoms with E-state index in [9.17, 15) is 4.39 Å². The van der Waals surface area contributed by atoms with Crippen LogP contribution in [-0.4, -0.2) is 24.1 Å². The highest BCUT2D eigenvalue weighted by molar-refractivity contribution is 7.98. The third-order valence-electron chi connectivity index (χ3n) is 3.85. The van der Waals surface area contributed by atoms with Gasteiger partial charge in [0, 0.05) is 16.9 Å². The molecule has 0 spiro atoms. The monoisotopic (exact) mass is 374 g/mol. The van der Waals surface area contributed by atoms with Gasteiger partial charge < -0.3 is 18.6 Å². The third kappa shape index (κ3) is 3.38. The average molecular weight is 374 g/mol. The highest BCUT2D eigenvalue weighted by Crippen LogP contribution is 2.35. The van der Waals surface area contributed by atoms with Gasteiger partial charge in [-0.1, -0.05) is 23.9 Å². The molecule has 1 aromatic heterocycles. The van der Waals surface area contributed by atoms with Gasteiger partial charge in [-0.15, -0.1) is 10.2 Å². The Balaban J connectivity index is 1.53. The molecule has 8 heteroatoms. The molecule has 6 nitrogen and oxygen atoms in total. The zero-order chi connectivity index (χ0) is 17.9. The number of nitrogens with zero attached hydrogens (tertiary/aromatic N) is 2. The summed E-state index contributed by atoms with van der Waals surface area (Å²) in [5, 5.41) is 8.50. The SMILES string of the molecule is COc1ccccc1-c1nnc(SCc2cc(F)cc3c2OCOC3)o1. The van der Waals surface area contributed by atoms with Gasteiger partial charge in [0.2, 0.25) is 0 Å². The van der Waals surface area contributed by atoms with Crippen molar-refractivity contribution in [2.75, 3.05) is 13.9 Å². The number of thioether (sulfide) groups is 1. The predicted octanol–water partition coefficient (Wildman–Crippen LogP) is 4.04. The second-order valence-corrected chi connectivity index (χ2v) is 6.45. The van der Waals surface area contributed by atoms with Crippen molar-refractivity contribution < 1.29 is 23.0 Å². The summed E-state index contributed by atoms with van der Waals surface area (Å²) in [6.45, 7) is 0.498. The summed E-state index contributed by atoms with van der Waals surface area (Å²) < 4.78 is 35.5. The minimum absolute atomic E-state index is 0.162. The molecule has 0 saturated heterocycles.